The van der Waals surface area contributed by atoms with E-state index in [4.69, 9.17) is 5.73 Å². The zero-order valence-electron chi connectivity index (χ0n) is 17.2. The summed E-state index contributed by atoms with van der Waals surface area (Å²) in [7, 11) is 0. The summed E-state index contributed by atoms with van der Waals surface area (Å²) in [5.74, 6) is 1.07. The van der Waals surface area contributed by atoms with Crippen LogP contribution in [0.3, 0.4) is 0 Å². The van der Waals surface area contributed by atoms with Crippen molar-refractivity contribution in [3.63, 3.8) is 0 Å². The number of nitriles is 1. The molecule has 31 heavy (non-hydrogen) atoms. The second kappa shape index (κ2) is 7.81. The number of pyridine rings is 1. The van der Waals surface area contributed by atoms with Crippen molar-refractivity contribution in [2.24, 2.45) is 11.7 Å². The lowest BCUT2D eigenvalue weighted by Crippen LogP contribution is -2.30. The van der Waals surface area contributed by atoms with Crippen LogP contribution in [0.15, 0.2) is 43.2 Å². The Labute approximate surface area is 179 Å². The molecule has 0 aromatic carbocycles. The molecule has 1 aliphatic heterocycles. The van der Waals surface area contributed by atoms with Gasteiger partial charge in [-0.3, -0.25) is 4.68 Å². The fraction of sp³-hybridized carbons (Fsp3) is 0.318. The van der Waals surface area contributed by atoms with Crippen LogP contribution in [0.4, 0.5) is 5.82 Å². The summed E-state index contributed by atoms with van der Waals surface area (Å²) < 4.78 is 1.96. The summed E-state index contributed by atoms with van der Waals surface area (Å²) in [5.41, 5.74) is 10.4. The first-order valence-electron chi connectivity index (χ1n) is 10.3. The van der Waals surface area contributed by atoms with Crippen LogP contribution in [0.1, 0.15) is 23.6 Å². The molecule has 0 saturated carbocycles. The van der Waals surface area contributed by atoms with Gasteiger partial charge in [-0.2, -0.15) is 10.4 Å². The smallest absolute Gasteiger partial charge is 0.146 e. The highest BCUT2D eigenvalue weighted by Gasteiger charge is 2.32. The van der Waals surface area contributed by atoms with Gasteiger partial charge in [-0.15, -0.1) is 0 Å². The number of aromatic amines is 1. The number of nitrogens with one attached hydrogen (secondary N) is 1. The highest BCUT2D eigenvalue weighted by molar-refractivity contribution is 5.89. The number of rotatable bonds is 5. The van der Waals surface area contributed by atoms with Gasteiger partial charge in [0.1, 0.15) is 23.9 Å². The Balaban J connectivity index is 1.40. The van der Waals surface area contributed by atoms with Crippen LogP contribution in [0, 0.1) is 24.2 Å². The molecule has 1 aliphatic rings. The molecule has 0 radical (unpaired) electrons. The summed E-state index contributed by atoms with van der Waals surface area (Å²) in [4.78, 5) is 18.5. The van der Waals surface area contributed by atoms with Crippen LogP contribution < -0.4 is 10.6 Å². The normalized spacial score (nSPS) is 17.2. The molecule has 9 heteroatoms. The van der Waals surface area contributed by atoms with E-state index in [1.54, 1.807) is 12.5 Å². The van der Waals surface area contributed by atoms with E-state index in [9.17, 15) is 5.26 Å². The first-order chi connectivity index (χ1) is 15.2. The summed E-state index contributed by atoms with van der Waals surface area (Å²) in [6, 6.07) is 6.20. The van der Waals surface area contributed by atoms with Crippen LogP contribution >= 0.6 is 0 Å². The molecule has 5 rings (SSSR count). The maximum absolute atomic E-state index is 9.57. The number of aryl methyl sites for hydroxylation is 1. The molecule has 4 aromatic rings. The third kappa shape index (κ3) is 3.31. The topological polar surface area (TPSA) is 125 Å². The Kier molecular flexibility index (Phi) is 4.84. The molecular formula is C22H23N9. The molecule has 0 aliphatic carbocycles. The van der Waals surface area contributed by atoms with Gasteiger partial charge in [0.25, 0.3) is 0 Å². The zero-order valence-corrected chi connectivity index (χ0v) is 17.2. The van der Waals surface area contributed by atoms with Crippen LogP contribution in [0.2, 0.25) is 0 Å². The first kappa shape index (κ1) is 19.2. The van der Waals surface area contributed by atoms with Crippen LogP contribution in [0.5, 0.6) is 0 Å². The van der Waals surface area contributed by atoms with E-state index in [1.807, 2.05) is 42.3 Å². The maximum atomic E-state index is 9.57. The number of nitrogens with two attached hydrogens (primary N) is 1. The minimum Gasteiger partial charge on any atom is -0.355 e. The molecule has 1 fully saturated rings. The van der Waals surface area contributed by atoms with Crippen molar-refractivity contribution >= 4 is 16.9 Å². The Bertz CT molecular complexity index is 1270. The summed E-state index contributed by atoms with van der Waals surface area (Å²) >= 11 is 0. The van der Waals surface area contributed by atoms with Crippen molar-refractivity contribution in [3.8, 4) is 17.3 Å². The third-order valence-electron chi connectivity index (χ3n) is 6.13. The van der Waals surface area contributed by atoms with Gasteiger partial charge >= 0.3 is 0 Å². The number of H-pyrrole nitrogens is 1. The monoisotopic (exact) mass is 413 g/mol. The van der Waals surface area contributed by atoms with Crippen LogP contribution in [-0.4, -0.2) is 49.4 Å². The Morgan fingerprint density at radius 3 is 3.06 bits per heavy atom. The molecule has 0 amide bonds. The second-order valence-electron chi connectivity index (χ2n) is 7.91. The fourth-order valence-corrected chi connectivity index (χ4v) is 4.48. The van der Waals surface area contributed by atoms with E-state index >= 15 is 0 Å². The minimum absolute atomic E-state index is 0.0534. The molecule has 3 N–H and O–H groups in total. The van der Waals surface area contributed by atoms with E-state index in [0.29, 0.717) is 18.0 Å². The van der Waals surface area contributed by atoms with Crippen LogP contribution in [0.25, 0.3) is 22.3 Å². The number of fused-ring (bicyclic) bond motifs is 1. The number of anilines is 1. The van der Waals surface area contributed by atoms with Gasteiger partial charge < -0.3 is 15.6 Å². The van der Waals surface area contributed by atoms with E-state index in [-0.39, 0.29) is 6.04 Å². The Morgan fingerprint density at radius 1 is 1.32 bits per heavy atom. The average Bonchev–Trinajstić information content (AvgIpc) is 3.55. The second-order valence-corrected chi connectivity index (χ2v) is 7.91. The molecule has 9 nitrogen and oxygen atoms in total. The van der Waals surface area contributed by atoms with Gasteiger partial charge in [-0.05, 0) is 31.0 Å². The lowest BCUT2D eigenvalue weighted by atomic mass is 9.99. The minimum atomic E-state index is 0.0534. The standard InChI is InChI=1S/C22H23N9/c1-14-2-5-26-22(18(14)8-23)30-7-4-15(11-30)19(9-24)31-12-16(10-29-31)20-17-3-6-25-21(17)28-13-27-20/h2-3,5-6,10,12-13,15,19H,4,7,9,11,24H2,1H3,(H,25,27,28)/t15-,19-/m0/s1. The predicted octanol–water partition coefficient (Wildman–Crippen LogP) is 2.42. The quantitative estimate of drug-likeness (QED) is 0.515. The lowest BCUT2D eigenvalue weighted by molar-refractivity contribution is 0.334. The zero-order chi connectivity index (χ0) is 21.4. The molecule has 0 spiro atoms. The highest BCUT2D eigenvalue weighted by atomic mass is 15.3. The van der Waals surface area contributed by atoms with Crippen molar-refractivity contribution in [1.82, 2.24) is 29.7 Å². The van der Waals surface area contributed by atoms with Crippen molar-refractivity contribution in [2.75, 3.05) is 24.5 Å². The van der Waals surface area contributed by atoms with E-state index in [0.717, 1.165) is 53.2 Å². The Hall–Kier alpha value is -3.77. The molecule has 4 aromatic heterocycles. The van der Waals surface area contributed by atoms with E-state index in [1.165, 1.54) is 0 Å². The van der Waals surface area contributed by atoms with Gasteiger partial charge in [0.05, 0.1) is 23.5 Å². The van der Waals surface area contributed by atoms with Gasteiger partial charge in [0, 0.05) is 55.1 Å². The SMILES string of the molecule is Cc1ccnc(N2CC[C@H]([C@H](CN)n3cc(-c4ncnc5[nH]ccc45)cn3)C2)c1C#N. The molecular weight excluding hydrogens is 390 g/mol. The van der Waals surface area contributed by atoms with Crippen molar-refractivity contribution in [1.29, 1.82) is 5.26 Å². The van der Waals surface area contributed by atoms with Gasteiger partial charge in [-0.25, -0.2) is 15.0 Å². The van der Waals surface area contributed by atoms with Crippen LogP contribution in [-0.2, 0) is 0 Å². The molecule has 2 atom stereocenters. The Morgan fingerprint density at radius 2 is 2.23 bits per heavy atom. The number of aromatic nitrogens is 6. The van der Waals surface area contributed by atoms with Gasteiger partial charge in [0.15, 0.2) is 0 Å². The number of hydrogen-bond donors (Lipinski definition) is 2. The lowest BCUT2D eigenvalue weighted by Gasteiger charge is -2.24. The molecule has 156 valence electrons. The summed E-state index contributed by atoms with van der Waals surface area (Å²) in [5, 5.41) is 15.2. The largest absolute Gasteiger partial charge is 0.355 e. The molecule has 1 saturated heterocycles. The first-order valence-corrected chi connectivity index (χ1v) is 10.3. The summed E-state index contributed by atoms with van der Waals surface area (Å²) in [6.45, 7) is 4.06. The van der Waals surface area contributed by atoms with E-state index in [2.05, 4.69) is 36.0 Å². The van der Waals surface area contributed by atoms with Crippen molar-refractivity contribution in [3.05, 3.63) is 54.4 Å². The van der Waals surface area contributed by atoms with Gasteiger partial charge in [-0.1, -0.05) is 0 Å². The molecule has 0 bridgehead atoms. The van der Waals surface area contributed by atoms with Crippen molar-refractivity contribution < 1.29 is 0 Å². The molecule has 0 unspecified atom stereocenters. The predicted molar refractivity (Wildman–Crippen MR) is 117 cm³/mol. The number of nitrogens with zero attached hydrogens (tertiary/aromatic N) is 7. The molecule has 5 heterocycles. The number of hydrogen-bond acceptors (Lipinski definition) is 7. The highest BCUT2D eigenvalue weighted by Crippen LogP contribution is 2.33. The van der Waals surface area contributed by atoms with Gasteiger partial charge in [0.2, 0.25) is 0 Å². The fourth-order valence-electron chi connectivity index (χ4n) is 4.48. The third-order valence-corrected chi connectivity index (χ3v) is 6.13. The average molecular weight is 413 g/mol. The summed E-state index contributed by atoms with van der Waals surface area (Å²) in [6.07, 6.45) is 10.00. The maximum Gasteiger partial charge on any atom is 0.146 e. The van der Waals surface area contributed by atoms with Crippen molar-refractivity contribution in [2.45, 2.75) is 19.4 Å². The van der Waals surface area contributed by atoms with E-state index < -0.39 is 0 Å².